The molecule has 33 heavy (non-hydrogen) atoms. The number of aryl methyl sites for hydroxylation is 1. The molecule has 0 aliphatic carbocycles. The summed E-state index contributed by atoms with van der Waals surface area (Å²) in [5.41, 5.74) is 3.61. The van der Waals surface area contributed by atoms with E-state index in [2.05, 4.69) is 27.6 Å². The zero-order chi connectivity index (χ0) is 23.1. The lowest BCUT2D eigenvalue weighted by Gasteiger charge is -2.33. The van der Waals surface area contributed by atoms with Crippen molar-refractivity contribution in [3.8, 4) is 0 Å². The minimum absolute atomic E-state index is 0.0781. The number of hydrogen-bond donors (Lipinski definition) is 1. The molecule has 1 atom stereocenters. The molecule has 0 unspecified atom stereocenters. The standard InChI is InChI=1S/C26H33N5O2/c1-17-24(20-8-4-5-9-22(20)30(17)3)26(33)31-12-6-7-19(16-31)21-15-23(32)28-25(27-21)18-10-13-29(2)14-11-18/h4-5,8-9,15,18-19H,6-7,10-14,16H2,1-3H3,(H,27,28,32)/t19-/m0/s1. The molecule has 174 valence electrons. The number of amides is 1. The van der Waals surface area contributed by atoms with Gasteiger partial charge in [-0.25, -0.2) is 4.98 Å². The van der Waals surface area contributed by atoms with Crippen LogP contribution < -0.4 is 5.56 Å². The maximum absolute atomic E-state index is 13.7. The number of carbonyl (C=O) groups excluding carboxylic acids is 1. The van der Waals surface area contributed by atoms with E-state index in [1.807, 2.05) is 37.1 Å². The Labute approximate surface area is 194 Å². The van der Waals surface area contributed by atoms with Gasteiger partial charge in [0, 0.05) is 54.6 Å². The van der Waals surface area contributed by atoms with E-state index in [1.165, 1.54) is 0 Å². The van der Waals surface area contributed by atoms with Gasteiger partial charge in [0.2, 0.25) is 0 Å². The molecule has 1 N–H and O–H groups in total. The van der Waals surface area contributed by atoms with Gasteiger partial charge < -0.3 is 19.4 Å². The third kappa shape index (κ3) is 4.10. The van der Waals surface area contributed by atoms with E-state index in [-0.39, 0.29) is 17.4 Å². The third-order valence-electron chi connectivity index (χ3n) is 7.63. The average molecular weight is 448 g/mol. The highest BCUT2D eigenvalue weighted by atomic mass is 16.2. The van der Waals surface area contributed by atoms with Crippen molar-refractivity contribution >= 4 is 16.8 Å². The highest BCUT2D eigenvalue weighted by Crippen LogP contribution is 2.31. The van der Waals surface area contributed by atoms with Crippen molar-refractivity contribution in [2.24, 2.45) is 7.05 Å². The number of H-pyrrole nitrogens is 1. The van der Waals surface area contributed by atoms with Crippen LogP contribution in [0.4, 0.5) is 0 Å². The lowest BCUT2D eigenvalue weighted by atomic mass is 9.92. The van der Waals surface area contributed by atoms with Crippen LogP contribution in [0, 0.1) is 6.92 Å². The molecule has 0 spiro atoms. The number of carbonyl (C=O) groups is 1. The first-order chi connectivity index (χ1) is 15.9. The van der Waals surface area contributed by atoms with Crippen molar-refractivity contribution in [1.82, 2.24) is 24.3 Å². The van der Waals surface area contributed by atoms with E-state index < -0.39 is 0 Å². The topological polar surface area (TPSA) is 74.2 Å². The second kappa shape index (κ2) is 8.78. The minimum Gasteiger partial charge on any atom is -0.347 e. The minimum atomic E-state index is -0.0812. The van der Waals surface area contributed by atoms with Gasteiger partial charge in [-0.15, -0.1) is 0 Å². The molecular formula is C26H33N5O2. The zero-order valence-electron chi connectivity index (χ0n) is 19.8. The molecule has 0 bridgehead atoms. The SMILES string of the molecule is Cc1c(C(=O)N2CCC[C@H](c3cc(=O)[nH]c(C4CCN(C)CC4)n3)C2)c2ccccc2n1C. The van der Waals surface area contributed by atoms with Gasteiger partial charge in [0.05, 0.1) is 11.3 Å². The Kier molecular flexibility index (Phi) is 5.83. The third-order valence-corrected chi connectivity index (χ3v) is 7.63. The molecule has 2 saturated heterocycles. The van der Waals surface area contributed by atoms with Crippen molar-refractivity contribution in [3.05, 3.63) is 63.5 Å². The monoisotopic (exact) mass is 447 g/mol. The zero-order valence-corrected chi connectivity index (χ0v) is 19.8. The molecule has 2 aliphatic heterocycles. The summed E-state index contributed by atoms with van der Waals surface area (Å²) in [7, 11) is 4.15. The summed E-state index contributed by atoms with van der Waals surface area (Å²) in [5, 5.41) is 1.00. The Hall–Kier alpha value is -2.93. The highest BCUT2D eigenvalue weighted by molar-refractivity contribution is 6.08. The quantitative estimate of drug-likeness (QED) is 0.668. The Morgan fingerprint density at radius 2 is 1.82 bits per heavy atom. The van der Waals surface area contributed by atoms with Crippen LogP contribution in [0.5, 0.6) is 0 Å². The van der Waals surface area contributed by atoms with Crippen molar-refractivity contribution in [2.75, 3.05) is 33.2 Å². The van der Waals surface area contributed by atoms with E-state index in [9.17, 15) is 9.59 Å². The first kappa shape index (κ1) is 21.9. The van der Waals surface area contributed by atoms with Gasteiger partial charge in [0.15, 0.2) is 0 Å². The Balaban J connectivity index is 1.40. The van der Waals surface area contributed by atoms with Gasteiger partial charge in [0.1, 0.15) is 5.82 Å². The van der Waals surface area contributed by atoms with Crippen molar-refractivity contribution in [1.29, 1.82) is 0 Å². The normalized spacial score (nSPS) is 20.5. The maximum Gasteiger partial charge on any atom is 0.256 e. The molecular weight excluding hydrogens is 414 g/mol. The number of piperidine rings is 2. The summed E-state index contributed by atoms with van der Waals surface area (Å²) in [5.74, 6) is 1.28. The van der Waals surface area contributed by atoms with Crippen LogP contribution >= 0.6 is 0 Å². The number of rotatable bonds is 3. The number of nitrogens with zero attached hydrogens (tertiary/aromatic N) is 4. The fourth-order valence-corrected chi connectivity index (χ4v) is 5.53. The highest BCUT2D eigenvalue weighted by Gasteiger charge is 2.30. The number of nitrogens with one attached hydrogen (secondary N) is 1. The van der Waals surface area contributed by atoms with Crippen LogP contribution in [0.2, 0.25) is 0 Å². The number of benzene rings is 1. The number of hydrogen-bond acceptors (Lipinski definition) is 4. The summed E-state index contributed by atoms with van der Waals surface area (Å²) >= 11 is 0. The summed E-state index contributed by atoms with van der Waals surface area (Å²) < 4.78 is 2.09. The number of likely N-dealkylation sites (tertiary alicyclic amines) is 2. The van der Waals surface area contributed by atoms with Gasteiger partial charge in [-0.05, 0) is 58.8 Å². The van der Waals surface area contributed by atoms with Crippen molar-refractivity contribution < 1.29 is 4.79 Å². The molecule has 2 aromatic heterocycles. The second-order valence-electron chi connectivity index (χ2n) is 9.76. The van der Waals surface area contributed by atoms with Crippen LogP contribution in [0.25, 0.3) is 10.9 Å². The largest absolute Gasteiger partial charge is 0.347 e. The Bertz CT molecular complexity index is 1240. The van der Waals surface area contributed by atoms with Crippen LogP contribution in [0.3, 0.4) is 0 Å². The van der Waals surface area contributed by atoms with E-state index in [0.29, 0.717) is 12.5 Å². The van der Waals surface area contributed by atoms with E-state index in [0.717, 1.165) is 79.0 Å². The predicted molar refractivity (Wildman–Crippen MR) is 130 cm³/mol. The summed E-state index contributed by atoms with van der Waals surface area (Å²) in [4.78, 5) is 38.4. The van der Waals surface area contributed by atoms with Gasteiger partial charge in [0.25, 0.3) is 11.5 Å². The molecule has 5 rings (SSSR count). The van der Waals surface area contributed by atoms with E-state index in [4.69, 9.17) is 4.98 Å². The Morgan fingerprint density at radius 1 is 1.06 bits per heavy atom. The van der Waals surface area contributed by atoms with Gasteiger partial charge in [-0.1, -0.05) is 18.2 Å². The summed E-state index contributed by atoms with van der Waals surface area (Å²) in [6, 6.07) is 9.72. The van der Waals surface area contributed by atoms with Crippen LogP contribution in [0.15, 0.2) is 35.1 Å². The smallest absolute Gasteiger partial charge is 0.256 e. The molecule has 0 saturated carbocycles. The molecule has 1 amide bonds. The molecule has 3 aromatic rings. The van der Waals surface area contributed by atoms with Gasteiger partial charge >= 0.3 is 0 Å². The fraction of sp³-hybridized carbons (Fsp3) is 0.500. The number of aromatic nitrogens is 3. The summed E-state index contributed by atoms with van der Waals surface area (Å²) in [6.45, 7) is 5.40. The first-order valence-electron chi connectivity index (χ1n) is 12.1. The maximum atomic E-state index is 13.7. The second-order valence-corrected chi connectivity index (χ2v) is 9.76. The number of fused-ring (bicyclic) bond motifs is 1. The van der Waals surface area contributed by atoms with Gasteiger partial charge in [-0.2, -0.15) is 0 Å². The lowest BCUT2D eigenvalue weighted by molar-refractivity contribution is 0.0706. The number of aromatic amines is 1. The lowest BCUT2D eigenvalue weighted by Crippen LogP contribution is -2.40. The first-order valence-corrected chi connectivity index (χ1v) is 12.1. The molecule has 7 nitrogen and oxygen atoms in total. The van der Waals surface area contributed by atoms with Crippen LogP contribution in [-0.4, -0.2) is 63.5 Å². The summed E-state index contributed by atoms with van der Waals surface area (Å²) in [6.07, 6.45) is 3.89. The molecule has 2 aliphatic rings. The Morgan fingerprint density at radius 3 is 2.61 bits per heavy atom. The van der Waals surface area contributed by atoms with Crippen molar-refractivity contribution in [3.63, 3.8) is 0 Å². The fourth-order valence-electron chi connectivity index (χ4n) is 5.53. The molecule has 0 radical (unpaired) electrons. The number of para-hydroxylation sites is 1. The predicted octanol–water partition coefficient (Wildman–Crippen LogP) is 3.40. The van der Waals surface area contributed by atoms with Gasteiger partial charge in [-0.3, -0.25) is 9.59 Å². The molecule has 7 heteroatoms. The van der Waals surface area contributed by atoms with Crippen LogP contribution in [0.1, 0.15) is 65.1 Å². The van der Waals surface area contributed by atoms with E-state index in [1.54, 1.807) is 6.07 Å². The van der Waals surface area contributed by atoms with Crippen LogP contribution in [-0.2, 0) is 7.05 Å². The molecule has 1 aromatic carbocycles. The van der Waals surface area contributed by atoms with E-state index >= 15 is 0 Å². The average Bonchev–Trinajstić information content (AvgIpc) is 3.09. The molecule has 2 fully saturated rings. The molecule has 4 heterocycles. The van der Waals surface area contributed by atoms with Crippen molar-refractivity contribution in [2.45, 2.75) is 44.4 Å².